The smallest absolute Gasteiger partial charge is 0.0399 e. The molecule has 1 rings (SSSR count). The molecule has 0 amide bonds. The summed E-state index contributed by atoms with van der Waals surface area (Å²) in [7, 11) is 0. The first kappa shape index (κ1) is 4.19. The fourth-order valence-electron chi connectivity index (χ4n) is 0.478. The van der Waals surface area contributed by atoms with Crippen LogP contribution in [-0.2, 0) is 0 Å². The molecule has 0 spiro atoms. The van der Waals surface area contributed by atoms with Crippen LogP contribution >= 0.6 is 12.6 Å². The third-order valence-electron chi connectivity index (χ3n) is 0.831. The minimum absolute atomic E-state index is 0.449. The van der Waals surface area contributed by atoms with Gasteiger partial charge in [0.15, 0.2) is 0 Å². The highest BCUT2D eigenvalue weighted by atomic mass is 32.1. The van der Waals surface area contributed by atoms with E-state index >= 15 is 0 Å². The SMILES string of the molecule is SC1C=NCC1. The molecular weight excluding hydrogens is 94.1 g/mol. The van der Waals surface area contributed by atoms with E-state index in [9.17, 15) is 0 Å². The van der Waals surface area contributed by atoms with Crippen LogP contribution < -0.4 is 0 Å². The molecule has 1 aliphatic rings. The van der Waals surface area contributed by atoms with Gasteiger partial charge in [0.2, 0.25) is 0 Å². The normalized spacial score (nSPS) is 31.8. The highest BCUT2D eigenvalue weighted by molar-refractivity contribution is 7.81. The predicted molar refractivity (Wildman–Crippen MR) is 30.7 cm³/mol. The van der Waals surface area contributed by atoms with Crippen LogP contribution in [-0.4, -0.2) is 18.0 Å². The topological polar surface area (TPSA) is 12.4 Å². The van der Waals surface area contributed by atoms with Gasteiger partial charge in [-0.05, 0) is 6.42 Å². The summed E-state index contributed by atoms with van der Waals surface area (Å²) in [6, 6.07) is 0. The summed E-state index contributed by atoms with van der Waals surface area (Å²) in [5.41, 5.74) is 0. The molecule has 0 saturated carbocycles. The van der Waals surface area contributed by atoms with Gasteiger partial charge in [0.25, 0.3) is 0 Å². The maximum absolute atomic E-state index is 4.14. The minimum atomic E-state index is 0.449. The molecule has 0 aromatic carbocycles. The van der Waals surface area contributed by atoms with Crippen molar-refractivity contribution in [1.29, 1.82) is 0 Å². The molecule has 1 unspecified atom stereocenters. The van der Waals surface area contributed by atoms with Crippen LogP contribution in [0, 0.1) is 0 Å². The molecule has 0 aromatic rings. The molecule has 0 aliphatic carbocycles. The molecule has 0 radical (unpaired) electrons. The van der Waals surface area contributed by atoms with Crippen molar-refractivity contribution >= 4 is 18.8 Å². The van der Waals surface area contributed by atoms with Crippen LogP contribution in [0.2, 0.25) is 0 Å². The van der Waals surface area contributed by atoms with E-state index in [1.54, 1.807) is 0 Å². The van der Waals surface area contributed by atoms with Gasteiger partial charge >= 0.3 is 0 Å². The van der Waals surface area contributed by atoms with E-state index in [-0.39, 0.29) is 0 Å². The van der Waals surface area contributed by atoms with Crippen molar-refractivity contribution in [2.24, 2.45) is 4.99 Å². The first-order valence-electron chi connectivity index (χ1n) is 2.07. The monoisotopic (exact) mass is 101 g/mol. The summed E-state index contributed by atoms with van der Waals surface area (Å²) in [4.78, 5) is 3.96. The molecule has 0 bridgehead atoms. The zero-order valence-electron chi connectivity index (χ0n) is 3.46. The van der Waals surface area contributed by atoms with Gasteiger partial charge in [-0.15, -0.1) is 0 Å². The molecule has 34 valence electrons. The maximum Gasteiger partial charge on any atom is 0.0399 e. The molecular formula is C4H7NS. The average molecular weight is 101 g/mol. The van der Waals surface area contributed by atoms with Crippen LogP contribution in [0.5, 0.6) is 0 Å². The Morgan fingerprint density at radius 3 is 2.83 bits per heavy atom. The predicted octanol–water partition coefficient (Wildman–Crippen LogP) is 0.759. The zero-order valence-corrected chi connectivity index (χ0v) is 4.36. The van der Waals surface area contributed by atoms with Crippen LogP contribution in [0.25, 0.3) is 0 Å². The molecule has 1 heterocycles. The average Bonchev–Trinajstić information content (AvgIpc) is 1.86. The molecule has 2 heteroatoms. The van der Waals surface area contributed by atoms with Crippen molar-refractivity contribution in [1.82, 2.24) is 0 Å². The lowest BCUT2D eigenvalue weighted by Crippen LogP contribution is -1.90. The standard InChI is InChI=1S/C4H7NS/c6-4-1-2-5-3-4/h3-4,6H,1-2H2. The third-order valence-corrected chi connectivity index (χ3v) is 1.22. The zero-order chi connectivity index (χ0) is 4.41. The van der Waals surface area contributed by atoms with Crippen molar-refractivity contribution in [3.8, 4) is 0 Å². The fourth-order valence-corrected chi connectivity index (χ4v) is 0.687. The molecule has 6 heavy (non-hydrogen) atoms. The lowest BCUT2D eigenvalue weighted by molar-refractivity contribution is 0.966. The van der Waals surface area contributed by atoms with Gasteiger partial charge in [0.1, 0.15) is 0 Å². The summed E-state index contributed by atoms with van der Waals surface area (Å²) >= 11 is 4.14. The van der Waals surface area contributed by atoms with E-state index < -0.39 is 0 Å². The van der Waals surface area contributed by atoms with Gasteiger partial charge in [0, 0.05) is 18.0 Å². The molecule has 1 atom stereocenters. The van der Waals surface area contributed by atoms with E-state index in [0.717, 1.165) is 13.0 Å². The minimum Gasteiger partial charge on any atom is -0.296 e. The van der Waals surface area contributed by atoms with Crippen molar-refractivity contribution < 1.29 is 0 Å². The van der Waals surface area contributed by atoms with E-state index in [1.807, 2.05) is 6.21 Å². The highest BCUT2D eigenvalue weighted by Crippen LogP contribution is 2.03. The Morgan fingerprint density at radius 1 is 1.83 bits per heavy atom. The number of hydrogen-bond donors (Lipinski definition) is 1. The lowest BCUT2D eigenvalue weighted by atomic mass is 10.4. The van der Waals surface area contributed by atoms with Gasteiger partial charge < -0.3 is 0 Å². The van der Waals surface area contributed by atoms with Gasteiger partial charge in [-0.2, -0.15) is 12.6 Å². The Morgan fingerprint density at radius 2 is 2.67 bits per heavy atom. The van der Waals surface area contributed by atoms with E-state index in [0.29, 0.717) is 5.25 Å². The van der Waals surface area contributed by atoms with Gasteiger partial charge in [0.05, 0.1) is 0 Å². The Balaban J connectivity index is 2.38. The number of nitrogens with zero attached hydrogens (tertiary/aromatic N) is 1. The summed E-state index contributed by atoms with van der Waals surface area (Å²) in [5.74, 6) is 0. The van der Waals surface area contributed by atoms with E-state index in [4.69, 9.17) is 0 Å². The van der Waals surface area contributed by atoms with E-state index in [2.05, 4.69) is 17.6 Å². The second-order valence-corrected chi connectivity index (χ2v) is 2.07. The van der Waals surface area contributed by atoms with Crippen molar-refractivity contribution in [2.75, 3.05) is 6.54 Å². The van der Waals surface area contributed by atoms with Crippen LogP contribution in [0.3, 0.4) is 0 Å². The number of rotatable bonds is 0. The number of aliphatic imine (C=N–C) groups is 1. The van der Waals surface area contributed by atoms with Crippen LogP contribution in [0.15, 0.2) is 4.99 Å². The van der Waals surface area contributed by atoms with Gasteiger partial charge in [-0.1, -0.05) is 0 Å². The van der Waals surface area contributed by atoms with E-state index in [1.165, 1.54) is 0 Å². The largest absolute Gasteiger partial charge is 0.296 e. The second-order valence-electron chi connectivity index (χ2n) is 1.41. The van der Waals surface area contributed by atoms with Gasteiger partial charge in [-0.3, -0.25) is 4.99 Å². The first-order chi connectivity index (χ1) is 2.89. The van der Waals surface area contributed by atoms with Crippen molar-refractivity contribution in [2.45, 2.75) is 11.7 Å². The molecule has 0 saturated heterocycles. The Hall–Kier alpha value is 0.0200. The Bertz CT molecular complexity index is 69.9. The number of hydrogen-bond acceptors (Lipinski definition) is 2. The summed E-state index contributed by atoms with van der Waals surface area (Å²) in [6.45, 7) is 0.980. The molecule has 0 aromatic heterocycles. The Kier molecular flexibility index (Phi) is 1.15. The highest BCUT2D eigenvalue weighted by Gasteiger charge is 2.01. The Labute approximate surface area is 42.9 Å². The molecule has 1 nitrogen and oxygen atoms in total. The van der Waals surface area contributed by atoms with Crippen molar-refractivity contribution in [3.05, 3.63) is 0 Å². The third kappa shape index (κ3) is 0.744. The number of thiol groups is 1. The van der Waals surface area contributed by atoms with Crippen LogP contribution in [0.4, 0.5) is 0 Å². The van der Waals surface area contributed by atoms with Crippen LogP contribution in [0.1, 0.15) is 6.42 Å². The van der Waals surface area contributed by atoms with Crippen molar-refractivity contribution in [3.63, 3.8) is 0 Å². The molecule has 0 N–H and O–H groups in total. The summed E-state index contributed by atoms with van der Waals surface area (Å²) < 4.78 is 0. The summed E-state index contributed by atoms with van der Waals surface area (Å²) in [6.07, 6.45) is 3.02. The lowest BCUT2D eigenvalue weighted by Gasteiger charge is -1.85. The molecule has 1 aliphatic heterocycles. The first-order valence-corrected chi connectivity index (χ1v) is 2.59. The molecule has 0 fully saturated rings. The summed E-state index contributed by atoms with van der Waals surface area (Å²) in [5, 5.41) is 0.449. The van der Waals surface area contributed by atoms with Gasteiger partial charge in [-0.25, -0.2) is 0 Å². The quantitative estimate of drug-likeness (QED) is 0.432. The fraction of sp³-hybridized carbons (Fsp3) is 0.750. The second kappa shape index (κ2) is 1.65. The maximum atomic E-state index is 4.14.